The molecule has 5 heteroatoms. The zero-order valence-electron chi connectivity index (χ0n) is 11.7. The van der Waals surface area contributed by atoms with Gasteiger partial charge in [-0.1, -0.05) is 0 Å². The van der Waals surface area contributed by atoms with Crippen LogP contribution in [0.1, 0.15) is 37.1 Å². The summed E-state index contributed by atoms with van der Waals surface area (Å²) < 4.78 is 13.6. The number of aromatic nitrogens is 2. The van der Waals surface area contributed by atoms with Crippen molar-refractivity contribution in [2.75, 3.05) is 11.9 Å². The summed E-state index contributed by atoms with van der Waals surface area (Å²) >= 11 is 0. The van der Waals surface area contributed by atoms with Crippen LogP contribution in [0.2, 0.25) is 0 Å². The molecule has 1 aromatic carbocycles. The van der Waals surface area contributed by atoms with Gasteiger partial charge in [0.05, 0.1) is 17.3 Å². The Morgan fingerprint density at radius 1 is 1.29 bits per heavy atom. The zero-order chi connectivity index (χ0) is 14.8. The molecule has 0 saturated heterocycles. The Hall–Kier alpha value is -2.48. The zero-order valence-corrected chi connectivity index (χ0v) is 11.7. The van der Waals surface area contributed by atoms with E-state index in [1.54, 1.807) is 12.1 Å². The molecule has 4 nitrogen and oxygen atoms in total. The van der Waals surface area contributed by atoms with Crippen molar-refractivity contribution in [2.24, 2.45) is 0 Å². The van der Waals surface area contributed by atoms with E-state index in [4.69, 9.17) is 5.26 Å². The molecule has 0 aliphatic heterocycles. The predicted molar refractivity (Wildman–Crippen MR) is 78.3 cm³/mol. The fourth-order valence-corrected chi connectivity index (χ4v) is 2.21. The Bertz CT molecular complexity index is 717. The molecule has 1 heterocycles. The maximum absolute atomic E-state index is 13.6. The minimum Gasteiger partial charge on any atom is -0.370 e. The number of anilines is 1. The third-order valence-electron chi connectivity index (χ3n) is 3.37. The predicted octanol–water partition coefficient (Wildman–Crippen LogP) is 3.46. The van der Waals surface area contributed by atoms with Crippen LogP contribution in [0.4, 0.5) is 10.2 Å². The Balaban J connectivity index is 2.08. The quantitative estimate of drug-likeness (QED) is 0.932. The molecular weight excluding hydrogens is 267 g/mol. The molecule has 1 aliphatic rings. The first kappa shape index (κ1) is 13.5. The number of nitrogens with one attached hydrogen (secondary N) is 1. The highest BCUT2D eigenvalue weighted by Crippen LogP contribution is 2.39. The van der Waals surface area contributed by atoms with Gasteiger partial charge in [0, 0.05) is 24.1 Å². The summed E-state index contributed by atoms with van der Waals surface area (Å²) in [7, 11) is 0. The van der Waals surface area contributed by atoms with E-state index >= 15 is 0 Å². The van der Waals surface area contributed by atoms with Crippen molar-refractivity contribution in [3.63, 3.8) is 0 Å². The van der Waals surface area contributed by atoms with Gasteiger partial charge >= 0.3 is 0 Å². The molecule has 0 bridgehead atoms. The molecular formula is C16H15FN4. The van der Waals surface area contributed by atoms with Crippen LogP contribution in [0.3, 0.4) is 0 Å². The first-order valence-electron chi connectivity index (χ1n) is 7.03. The summed E-state index contributed by atoms with van der Waals surface area (Å²) in [5.74, 6) is 1.52. The van der Waals surface area contributed by atoms with Crippen LogP contribution in [0.5, 0.6) is 0 Å². The van der Waals surface area contributed by atoms with Crippen LogP contribution in [0.25, 0.3) is 11.3 Å². The molecule has 106 valence electrons. The number of nitrogens with zero attached hydrogens (tertiary/aromatic N) is 3. The minimum absolute atomic E-state index is 0.293. The second-order valence-corrected chi connectivity index (χ2v) is 5.14. The van der Waals surface area contributed by atoms with E-state index in [-0.39, 0.29) is 0 Å². The lowest BCUT2D eigenvalue weighted by molar-refractivity contribution is 0.627. The SMILES string of the molecule is CCNc1cc(-c2cc(F)cc(C#N)c2)nc(C2CC2)n1. The standard InChI is InChI=1S/C16H15FN4/c1-2-19-15-8-14(20-16(21-15)11-3-4-11)12-5-10(9-18)6-13(17)7-12/h5-8,11H,2-4H2,1H3,(H,19,20,21). The van der Waals surface area contributed by atoms with Gasteiger partial charge in [-0.25, -0.2) is 14.4 Å². The number of hydrogen-bond donors (Lipinski definition) is 1. The Morgan fingerprint density at radius 2 is 2.10 bits per heavy atom. The third-order valence-corrected chi connectivity index (χ3v) is 3.37. The maximum Gasteiger partial charge on any atom is 0.134 e. The molecule has 0 unspecified atom stereocenters. The summed E-state index contributed by atoms with van der Waals surface area (Å²) in [6.07, 6.45) is 2.20. The molecule has 0 amide bonds. The van der Waals surface area contributed by atoms with Crippen molar-refractivity contribution in [1.29, 1.82) is 5.26 Å². The van der Waals surface area contributed by atoms with Crippen LogP contribution in [0, 0.1) is 17.1 Å². The number of nitriles is 1. The van der Waals surface area contributed by atoms with Gasteiger partial charge in [0.15, 0.2) is 0 Å². The van der Waals surface area contributed by atoms with Crippen molar-refractivity contribution in [1.82, 2.24) is 9.97 Å². The third kappa shape index (κ3) is 3.00. The van der Waals surface area contributed by atoms with Gasteiger partial charge in [0.2, 0.25) is 0 Å². The van der Waals surface area contributed by atoms with Crippen molar-refractivity contribution in [3.05, 3.63) is 41.5 Å². The monoisotopic (exact) mass is 282 g/mol. The highest BCUT2D eigenvalue weighted by atomic mass is 19.1. The molecule has 0 radical (unpaired) electrons. The van der Waals surface area contributed by atoms with Gasteiger partial charge in [-0.05, 0) is 38.0 Å². The maximum atomic E-state index is 13.6. The highest BCUT2D eigenvalue weighted by Gasteiger charge is 2.27. The fraction of sp³-hybridized carbons (Fsp3) is 0.312. The topological polar surface area (TPSA) is 61.6 Å². The van der Waals surface area contributed by atoms with Crippen molar-refractivity contribution in [2.45, 2.75) is 25.7 Å². The van der Waals surface area contributed by atoms with E-state index in [1.807, 2.05) is 13.0 Å². The highest BCUT2D eigenvalue weighted by molar-refractivity contribution is 5.64. The van der Waals surface area contributed by atoms with Gasteiger partial charge < -0.3 is 5.32 Å². The van der Waals surface area contributed by atoms with Gasteiger partial charge in [0.1, 0.15) is 17.5 Å². The summed E-state index contributed by atoms with van der Waals surface area (Å²) in [4.78, 5) is 9.03. The van der Waals surface area contributed by atoms with Crippen molar-refractivity contribution in [3.8, 4) is 17.3 Å². The molecule has 1 saturated carbocycles. The van der Waals surface area contributed by atoms with E-state index in [0.29, 0.717) is 22.7 Å². The smallest absolute Gasteiger partial charge is 0.134 e. The molecule has 1 aromatic heterocycles. The van der Waals surface area contributed by atoms with Crippen LogP contribution < -0.4 is 5.32 Å². The molecule has 2 aromatic rings. The van der Waals surface area contributed by atoms with Gasteiger partial charge in [-0.3, -0.25) is 0 Å². The van der Waals surface area contributed by atoms with E-state index in [0.717, 1.165) is 31.0 Å². The molecule has 1 aliphatic carbocycles. The first-order chi connectivity index (χ1) is 10.2. The Morgan fingerprint density at radius 3 is 2.76 bits per heavy atom. The molecule has 0 spiro atoms. The van der Waals surface area contributed by atoms with Crippen LogP contribution in [0.15, 0.2) is 24.3 Å². The van der Waals surface area contributed by atoms with Crippen LogP contribution in [-0.4, -0.2) is 16.5 Å². The summed E-state index contributed by atoms with van der Waals surface area (Å²) in [5, 5.41) is 12.1. The molecule has 21 heavy (non-hydrogen) atoms. The summed E-state index contributed by atoms with van der Waals surface area (Å²) in [6, 6.07) is 8.03. The Labute approximate surface area is 122 Å². The van der Waals surface area contributed by atoms with E-state index < -0.39 is 5.82 Å². The van der Waals surface area contributed by atoms with Gasteiger partial charge in [-0.15, -0.1) is 0 Å². The van der Waals surface area contributed by atoms with E-state index in [2.05, 4.69) is 15.3 Å². The molecule has 1 N–H and O–H groups in total. The van der Waals surface area contributed by atoms with Crippen molar-refractivity contribution >= 4 is 5.82 Å². The summed E-state index contributed by atoms with van der Waals surface area (Å²) in [6.45, 7) is 2.75. The number of halogens is 1. The average Bonchev–Trinajstić information content (AvgIpc) is 3.31. The Kier molecular flexibility index (Phi) is 3.53. The normalized spacial score (nSPS) is 13.8. The molecule has 1 fully saturated rings. The molecule has 3 rings (SSSR count). The lowest BCUT2D eigenvalue weighted by Gasteiger charge is -2.09. The van der Waals surface area contributed by atoms with Gasteiger partial charge in [-0.2, -0.15) is 5.26 Å². The van der Waals surface area contributed by atoms with Crippen LogP contribution >= 0.6 is 0 Å². The lowest BCUT2D eigenvalue weighted by atomic mass is 10.1. The summed E-state index contributed by atoms with van der Waals surface area (Å²) in [5.41, 5.74) is 1.55. The van der Waals surface area contributed by atoms with Gasteiger partial charge in [0.25, 0.3) is 0 Å². The van der Waals surface area contributed by atoms with Crippen LogP contribution in [-0.2, 0) is 0 Å². The number of benzene rings is 1. The second kappa shape index (κ2) is 5.49. The lowest BCUT2D eigenvalue weighted by Crippen LogP contribution is -2.04. The van der Waals surface area contributed by atoms with Crippen molar-refractivity contribution < 1.29 is 4.39 Å². The minimum atomic E-state index is -0.430. The largest absolute Gasteiger partial charge is 0.370 e. The number of hydrogen-bond acceptors (Lipinski definition) is 4. The second-order valence-electron chi connectivity index (χ2n) is 5.14. The number of rotatable bonds is 4. The van der Waals surface area contributed by atoms with E-state index in [9.17, 15) is 4.39 Å². The average molecular weight is 282 g/mol. The molecule has 0 atom stereocenters. The van der Waals surface area contributed by atoms with E-state index in [1.165, 1.54) is 12.1 Å². The first-order valence-corrected chi connectivity index (χ1v) is 7.03. The fourth-order valence-electron chi connectivity index (χ4n) is 2.21.